The molecule has 1 aliphatic heterocycles. The molecule has 4 aromatic rings. The molecule has 0 bridgehead atoms. The quantitative estimate of drug-likeness (QED) is 0.196. The van der Waals surface area contributed by atoms with E-state index in [0.29, 0.717) is 0 Å². The number of thiazole rings is 2. The summed E-state index contributed by atoms with van der Waals surface area (Å²) in [5.41, 5.74) is 5.11. The molecule has 1 saturated carbocycles. The molecule has 4 aromatic heterocycles. The average molecular weight is 661 g/mol. The molecule has 0 amide bonds. The molecule has 5 heterocycles. The Morgan fingerprint density at radius 2 is 1.18 bits per heavy atom. The van der Waals surface area contributed by atoms with Crippen LogP contribution < -0.4 is 4.74 Å². The van der Waals surface area contributed by atoms with Crippen molar-refractivity contribution in [3.63, 3.8) is 0 Å². The zero-order valence-electron chi connectivity index (χ0n) is 24.2. The van der Waals surface area contributed by atoms with Gasteiger partial charge in [0.1, 0.15) is 65.4 Å². The van der Waals surface area contributed by atoms with Crippen molar-refractivity contribution >= 4 is 75.6 Å². The molecule has 45 heavy (non-hydrogen) atoms. The summed E-state index contributed by atoms with van der Waals surface area (Å²) in [4.78, 5) is 14.6. The lowest BCUT2D eigenvalue weighted by atomic mass is 9.78. The monoisotopic (exact) mass is 660 g/mol. The van der Waals surface area contributed by atoms with Crippen molar-refractivity contribution in [2.75, 3.05) is 0 Å². The average Bonchev–Trinajstić information content (AvgIpc) is 3.83. The van der Waals surface area contributed by atoms with E-state index in [1.165, 1.54) is 21.6 Å². The molecule has 0 saturated heterocycles. The lowest BCUT2D eigenvalue weighted by Gasteiger charge is -2.40. The van der Waals surface area contributed by atoms with Crippen LogP contribution in [0.4, 0.5) is 0 Å². The van der Waals surface area contributed by atoms with Crippen LogP contribution in [0.3, 0.4) is 0 Å². The predicted octanol–water partition coefficient (Wildman–Crippen LogP) is 10.1. The number of hydrogen-bond donors (Lipinski definition) is 0. The number of thiophene rings is 2. The molecule has 0 aromatic carbocycles. The Balaban J connectivity index is 1.25. The Labute approximate surface area is 276 Å². The van der Waals surface area contributed by atoms with Crippen LogP contribution in [0.15, 0.2) is 34.4 Å². The molecule has 1 fully saturated rings. The van der Waals surface area contributed by atoms with Crippen LogP contribution in [0.1, 0.15) is 86.2 Å². The van der Waals surface area contributed by atoms with Crippen LogP contribution in [0.5, 0.6) is 5.75 Å². The number of rotatable bonds is 2. The van der Waals surface area contributed by atoms with Crippen LogP contribution in [0, 0.1) is 45.3 Å². The van der Waals surface area contributed by atoms with Crippen molar-refractivity contribution in [2.24, 2.45) is 0 Å². The number of aromatic nitrogens is 2. The molecule has 0 unspecified atom stereocenters. The van der Waals surface area contributed by atoms with E-state index in [1.54, 1.807) is 45.3 Å². The molecular weight excluding hydrogens is 637 g/mol. The van der Waals surface area contributed by atoms with Gasteiger partial charge in [-0.3, -0.25) is 0 Å². The molecular formula is C34H24N6OS4. The van der Waals surface area contributed by atoms with Gasteiger partial charge in [-0.25, -0.2) is 9.97 Å². The minimum Gasteiger partial charge on any atom is -0.479 e. The highest BCUT2D eigenvalue weighted by Gasteiger charge is 2.47. The Hall–Kier alpha value is -4.10. The Morgan fingerprint density at radius 3 is 1.76 bits per heavy atom. The van der Waals surface area contributed by atoms with Crippen LogP contribution in [0.25, 0.3) is 40.0 Å². The number of fused-ring (bicyclic) bond motifs is 8. The minimum absolute atomic E-state index is 0.193. The third kappa shape index (κ3) is 4.50. The standard InChI is InChI=1S/C34H24N6OS4/c35-14-22(15-36)18-6-4-8-20(12-18)30-39-32-27(43-30)24-26(42-32)28-25(41-34(24)10-2-1-3-11-34)29-33(44-28)40-31(45-29)21-9-5-7-19(13-21)23(16-37)17-38/h12-13H,1-11H2. The van der Waals surface area contributed by atoms with Crippen LogP contribution >= 0.6 is 45.3 Å². The van der Waals surface area contributed by atoms with E-state index in [0.717, 1.165) is 122 Å². The molecule has 0 N–H and O–H groups in total. The molecule has 4 aliphatic rings. The van der Waals surface area contributed by atoms with E-state index in [-0.39, 0.29) is 11.1 Å². The maximum absolute atomic E-state index is 9.42. The molecule has 220 valence electrons. The third-order valence-corrected chi connectivity index (χ3v) is 14.0. The fourth-order valence-corrected chi connectivity index (χ4v) is 12.3. The molecule has 7 nitrogen and oxygen atoms in total. The van der Waals surface area contributed by atoms with E-state index in [1.807, 2.05) is 24.3 Å². The Kier molecular flexibility index (Phi) is 6.97. The van der Waals surface area contributed by atoms with Crippen LogP contribution in [-0.2, 0) is 5.60 Å². The van der Waals surface area contributed by atoms with Gasteiger partial charge in [0.2, 0.25) is 0 Å². The molecule has 0 radical (unpaired) electrons. The van der Waals surface area contributed by atoms with Crippen molar-refractivity contribution in [2.45, 2.75) is 76.2 Å². The number of hydrogen-bond acceptors (Lipinski definition) is 11. The maximum Gasteiger partial charge on any atom is 0.159 e. The van der Waals surface area contributed by atoms with Crippen LogP contribution in [-0.4, -0.2) is 9.97 Å². The highest BCUT2D eigenvalue weighted by atomic mass is 32.1. The van der Waals surface area contributed by atoms with Gasteiger partial charge in [0.05, 0.1) is 14.5 Å². The van der Waals surface area contributed by atoms with Gasteiger partial charge < -0.3 is 4.74 Å². The SMILES string of the molecule is N#CC(C#N)=C1C=C(c2nc3sc4c(c3s2)OC2(CCCCC2)c2c-4sc3nc(C4=CC(=C(C#N)C#N)CCC4)sc23)CCC1. The fraction of sp³-hybridized carbons (Fsp3) is 0.353. The summed E-state index contributed by atoms with van der Waals surface area (Å²) in [6.07, 6.45) is 14.4. The van der Waals surface area contributed by atoms with E-state index < -0.39 is 5.60 Å². The molecule has 3 aliphatic carbocycles. The first kappa shape index (κ1) is 28.4. The van der Waals surface area contributed by atoms with Crippen molar-refractivity contribution < 1.29 is 4.74 Å². The first-order chi connectivity index (χ1) is 22.1. The van der Waals surface area contributed by atoms with Gasteiger partial charge in [-0.1, -0.05) is 18.6 Å². The van der Waals surface area contributed by atoms with Crippen molar-refractivity contribution in [3.05, 3.63) is 50.0 Å². The second-order valence-corrected chi connectivity index (χ2v) is 15.8. The van der Waals surface area contributed by atoms with Crippen molar-refractivity contribution in [3.8, 4) is 39.8 Å². The summed E-state index contributed by atoms with van der Waals surface area (Å²) in [5.74, 6) is 0.953. The van der Waals surface area contributed by atoms with Gasteiger partial charge in [0.15, 0.2) is 5.75 Å². The Bertz CT molecular complexity index is 2200. The topological polar surface area (TPSA) is 130 Å². The second kappa shape index (κ2) is 11.1. The lowest BCUT2D eigenvalue weighted by Crippen LogP contribution is -2.37. The smallest absolute Gasteiger partial charge is 0.159 e. The van der Waals surface area contributed by atoms with Crippen molar-refractivity contribution in [1.29, 1.82) is 21.0 Å². The summed E-state index contributed by atoms with van der Waals surface area (Å²) in [6.45, 7) is 0. The summed E-state index contributed by atoms with van der Waals surface area (Å²) in [6, 6.07) is 8.21. The molecule has 11 heteroatoms. The van der Waals surface area contributed by atoms with Gasteiger partial charge in [0, 0.05) is 5.56 Å². The van der Waals surface area contributed by atoms with E-state index in [4.69, 9.17) is 14.7 Å². The number of nitrogens with zero attached hydrogens (tertiary/aromatic N) is 6. The van der Waals surface area contributed by atoms with Gasteiger partial charge in [-0.2, -0.15) is 21.0 Å². The number of allylic oxidation sites excluding steroid dienone is 8. The molecule has 1 spiro atoms. The summed E-state index contributed by atoms with van der Waals surface area (Å²) in [5, 5.41) is 39.6. The fourth-order valence-electron chi connectivity index (χ4n) is 7.08. The predicted molar refractivity (Wildman–Crippen MR) is 180 cm³/mol. The lowest BCUT2D eigenvalue weighted by molar-refractivity contribution is 0.0282. The van der Waals surface area contributed by atoms with Gasteiger partial charge in [-0.15, -0.1) is 45.3 Å². The number of nitriles is 4. The summed E-state index contributed by atoms with van der Waals surface area (Å²) in [7, 11) is 0. The highest BCUT2D eigenvalue weighted by Crippen LogP contribution is 2.62. The third-order valence-electron chi connectivity index (χ3n) is 9.20. The first-order valence-corrected chi connectivity index (χ1v) is 18.4. The molecule has 0 atom stereocenters. The summed E-state index contributed by atoms with van der Waals surface area (Å²) >= 11 is 6.84. The van der Waals surface area contributed by atoms with E-state index in [9.17, 15) is 21.0 Å². The zero-order valence-corrected chi connectivity index (χ0v) is 27.4. The maximum atomic E-state index is 9.42. The minimum atomic E-state index is -0.393. The van der Waals surface area contributed by atoms with E-state index in [2.05, 4.69) is 12.1 Å². The zero-order chi connectivity index (χ0) is 30.7. The first-order valence-electron chi connectivity index (χ1n) is 15.1. The Morgan fingerprint density at radius 1 is 0.644 bits per heavy atom. The largest absolute Gasteiger partial charge is 0.479 e. The van der Waals surface area contributed by atoms with E-state index >= 15 is 0 Å². The van der Waals surface area contributed by atoms with Gasteiger partial charge in [-0.05, 0) is 86.5 Å². The molecule has 8 rings (SSSR count). The van der Waals surface area contributed by atoms with Gasteiger partial charge in [0.25, 0.3) is 0 Å². The van der Waals surface area contributed by atoms with Crippen molar-refractivity contribution in [1.82, 2.24) is 9.97 Å². The van der Waals surface area contributed by atoms with Crippen LogP contribution in [0.2, 0.25) is 0 Å². The highest BCUT2D eigenvalue weighted by molar-refractivity contribution is 7.34. The van der Waals surface area contributed by atoms with Gasteiger partial charge >= 0.3 is 0 Å². The summed E-state index contributed by atoms with van der Waals surface area (Å²) < 4.78 is 9.48. The normalized spacial score (nSPS) is 18.6. The number of ether oxygens (including phenoxy) is 1. The second-order valence-electron chi connectivity index (χ2n) is 11.8.